The fraction of sp³-hybridized carbons (Fsp3) is 1.00. The quantitative estimate of drug-likeness (QED) is 0.506. The van der Waals surface area contributed by atoms with E-state index in [0.29, 0.717) is 19.5 Å². The number of ether oxygens (including phenoxy) is 1. The summed E-state index contributed by atoms with van der Waals surface area (Å²) < 4.78 is 29.1. The van der Waals surface area contributed by atoms with Gasteiger partial charge in [0.25, 0.3) is 0 Å². The monoisotopic (exact) mass is 196 g/mol. The van der Waals surface area contributed by atoms with Gasteiger partial charge in [0.2, 0.25) is 10.0 Å². The van der Waals surface area contributed by atoms with Gasteiger partial charge in [-0.15, -0.1) is 0 Å². The van der Waals surface area contributed by atoms with E-state index in [1.807, 2.05) is 0 Å². The van der Waals surface area contributed by atoms with E-state index in [1.165, 1.54) is 7.11 Å². The molecule has 0 amide bonds. The summed E-state index contributed by atoms with van der Waals surface area (Å²) in [5, 5.41) is 0. The molecule has 12 heavy (non-hydrogen) atoms. The Labute approximate surface area is 73.3 Å². The lowest BCUT2D eigenvalue weighted by Crippen LogP contribution is -2.30. The molecule has 0 aliphatic rings. The van der Waals surface area contributed by atoms with Gasteiger partial charge in [-0.3, -0.25) is 0 Å². The first kappa shape index (κ1) is 11.8. The van der Waals surface area contributed by atoms with Gasteiger partial charge in [-0.1, -0.05) is 0 Å². The molecular formula is C6H16N2O3S. The number of nitrogens with two attached hydrogens (primary N) is 1. The minimum Gasteiger partial charge on any atom is -0.384 e. The normalized spacial score (nSPS) is 11.8. The van der Waals surface area contributed by atoms with Crippen LogP contribution in [0, 0.1) is 0 Å². The molecule has 74 valence electrons. The predicted octanol–water partition coefficient (Wildman–Crippen LogP) is -1.10. The van der Waals surface area contributed by atoms with E-state index in [4.69, 9.17) is 5.73 Å². The maximum absolute atomic E-state index is 11.0. The topological polar surface area (TPSA) is 81.4 Å². The van der Waals surface area contributed by atoms with Crippen LogP contribution >= 0.6 is 0 Å². The predicted molar refractivity (Wildman–Crippen MR) is 47.3 cm³/mol. The van der Waals surface area contributed by atoms with Crippen LogP contribution in [0.3, 0.4) is 0 Å². The van der Waals surface area contributed by atoms with Crippen LogP contribution in [0.15, 0.2) is 0 Å². The van der Waals surface area contributed by atoms with E-state index in [2.05, 4.69) is 9.46 Å². The second-order valence-electron chi connectivity index (χ2n) is 2.35. The number of hydrogen-bond donors (Lipinski definition) is 2. The van der Waals surface area contributed by atoms with Gasteiger partial charge < -0.3 is 10.5 Å². The molecule has 0 fully saturated rings. The van der Waals surface area contributed by atoms with Gasteiger partial charge >= 0.3 is 0 Å². The van der Waals surface area contributed by atoms with E-state index < -0.39 is 10.0 Å². The summed E-state index contributed by atoms with van der Waals surface area (Å²) in [4.78, 5) is 0. The zero-order valence-electron chi connectivity index (χ0n) is 7.25. The van der Waals surface area contributed by atoms with Crippen LogP contribution in [0.5, 0.6) is 0 Å². The van der Waals surface area contributed by atoms with Crippen molar-refractivity contribution in [3.63, 3.8) is 0 Å². The Kier molecular flexibility index (Phi) is 6.27. The molecule has 3 N–H and O–H groups in total. The summed E-state index contributed by atoms with van der Waals surface area (Å²) in [6.45, 7) is 1.12. The molecule has 6 heteroatoms. The van der Waals surface area contributed by atoms with Gasteiger partial charge in [-0.2, -0.15) is 0 Å². The number of methoxy groups -OCH3 is 1. The number of nitrogens with one attached hydrogen (secondary N) is 1. The van der Waals surface area contributed by atoms with Crippen LogP contribution in [0.2, 0.25) is 0 Å². The molecule has 5 nitrogen and oxygen atoms in total. The van der Waals surface area contributed by atoms with Crippen LogP contribution in [0.1, 0.15) is 6.42 Å². The summed E-state index contributed by atoms with van der Waals surface area (Å²) in [6, 6.07) is 0. The fourth-order valence-corrected chi connectivity index (χ4v) is 1.58. The van der Waals surface area contributed by atoms with Gasteiger partial charge in [0.05, 0.1) is 12.4 Å². The van der Waals surface area contributed by atoms with Gasteiger partial charge in [0.1, 0.15) is 0 Å². The van der Waals surface area contributed by atoms with Gasteiger partial charge in [0, 0.05) is 13.7 Å². The summed E-state index contributed by atoms with van der Waals surface area (Å²) in [5.41, 5.74) is 5.20. The largest absolute Gasteiger partial charge is 0.384 e. The fourth-order valence-electron chi connectivity index (χ4n) is 0.595. The number of rotatable bonds is 7. The van der Waals surface area contributed by atoms with Crippen LogP contribution in [0.4, 0.5) is 0 Å². The van der Waals surface area contributed by atoms with Gasteiger partial charge in [-0.25, -0.2) is 13.1 Å². The molecule has 0 unspecified atom stereocenters. The first-order chi connectivity index (χ1) is 5.62. The molecule has 0 radical (unpaired) electrons. The molecule has 0 saturated carbocycles. The summed E-state index contributed by atoms with van der Waals surface area (Å²) in [7, 11) is -1.68. The Morgan fingerprint density at radius 2 is 2.17 bits per heavy atom. The molecule has 0 rings (SSSR count). The Morgan fingerprint density at radius 3 is 2.67 bits per heavy atom. The lowest BCUT2D eigenvalue weighted by atomic mass is 10.4. The minimum atomic E-state index is -3.15. The van der Waals surface area contributed by atoms with Crippen molar-refractivity contribution in [3.05, 3.63) is 0 Å². The molecule has 0 aromatic rings. The highest BCUT2D eigenvalue weighted by Gasteiger charge is 2.07. The van der Waals surface area contributed by atoms with E-state index in [-0.39, 0.29) is 12.4 Å². The standard InChI is InChI=1S/C6H16N2O3S/c1-11-5-6-12(9,10)8-4-2-3-7/h8H,2-7H2,1H3. The Balaban J connectivity index is 3.58. The smallest absolute Gasteiger partial charge is 0.213 e. The van der Waals surface area contributed by atoms with E-state index in [0.717, 1.165) is 0 Å². The first-order valence-electron chi connectivity index (χ1n) is 3.78. The summed E-state index contributed by atoms with van der Waals surface area (Å²) in [6.07, 6.45) is 0.659. The minimum absolute atomic E-state index is 0.00801. The molecule has 0 saturated heterocycles. The van der Waals surface area contributed by atoms with Crippen molar-refractivity contribution in [1.82, 2.24) is 4.72 Å². The molecule has 0 spiro atoms. The SMILES string of the molecule is COCCS(=O)(=O)NCCCN. The average Bonchev–Trinajstić information content (AvgIpc) is 2.01. The van der Waals surface area contributed by atoms with Crippen molar-refractivity contribution in [2.45, 2.75) is 6.42 Å². The molecule has 0 aromatic carbocycles. The maximum Gasteiger partial charge on any atom is 0.213 e. The van der Waals surface area contributed by atoms with Gasteiger partial charge in [-0.05, 0) is 13.0 Å². The van der Waals surface area contributed by atoms with Crippen molar-refractivity contribution in [3.8, 4) is 0 Å². The van der Waals surface area contributed by atoms with Crippen molar-refractivity contribution in [2.24, 2.45) is 5.73 Å². The highest BCUT2D eigenvalue weighted by atomic mass is 32.2. The second-order valence-corrected chi connectivity index (χ2v) is 4.27. The summed E-state index contributed by atoms with van der Waals surface area (Å²) in [5.74, 6) is 0.00801. The second kappa shape index (κ2) is 6.36. The van der Waals surface area contributed by atoms with Crippen LogP contribution < -0.4 is 10.5 Å². The zero-order chi connectivity index (χ0) is 9.45. The van der Waals surface area contributed by atoms with Crippen LogP contribution in [-0.2, 0) is 14.8 Å². The lowest BCUT2D eigenvalue weighted by Gasteiger charge is -2.04. The Bertz CT molecular complexity index is 191. The number of sulfonamides is 1. The third kappa shape index (κ3) is 6.53. The molecule has 0 aliphatic carbocycles. The Hall–Kier alpha value is -0.170. The first-order valence-corrected chi connectivity index (χ1v) is 5.44. The lowest BCUT2D eigenvalue weighted by molar-refractivity contribution is 0.217. The Morgan fingerprint density at radius 1 is 1.50 bits per heavy atom. The molecule has 0 atom stereocenters. The third-order valence-electron chi connectivity index (χ3n) is 1.26. The van der Waals surface area contributed by atoms with Crippen molar-refractivity contribution in [2.75, 3.05) is 32.6 Å². The molecule has 0 heterocycles. The number of hydrogen-bond acceptors (Lipinski definition) is 4. The average molecular weight is 196 g/mol. The van der Waals surface area contributed by atoms with Crippen molar-refractivity contribution >= 4 is 10.0 Å². The zero-order valence-corrected chi connectivity index (χ0v) is 8.06. The van der Waals surface area contributed by atoms with Crippen LogP contribution in [-0.4, -0.2) is 41.0 Å². The van der Waals surface area contributed by atoms with Crippen molar-refractivity contribution in [1.29, 1.82) is 0 Å². The van der Waals surface area contributed by atoms with E-state index in [9.17, 15) is 8.42 Å². The molecular weight excluding hydrogens is 180 g/mol. The van der Waals surface area contributed by atoms with Crippen molar-refractivity contribution < 1.29 is 13.2 Å². The molecule has 0 aromatic heterocycles. The van der Waals surface area contributed by atoms with Gasteiger partial charge in [0.15, 0.2) is 0 Å². The highest BCUT2D eigenvalue weighted by molar-refractivity contribution is 7.89. The van der Waals surface area contributed by atoms with E-state index >= 15 is 0 Å². The molecule has 0 aliphatic heterocycles. The van der Waals surface area contributed by atoms with Crippen LogP contribution in [0.25, 0.3) is 0 Å². The molecule has 0 bridgehead atoms. The maximum atomic E-state index is 11.0. The van der Waals surface area contributed by atoms with E-state index in [1.54, 1.807) is 0 Å². The summed E-state index contributed by atoms with van der Waals surface area (Å²) >= 11 is 0. The third-order valence-corrected chi connectivity index (χ3v) is 2.61. The highest BCUT2D eigenvalue weighted by Crippen LogP contribution is 1.84.